The van der Waals surface area contributed by atoms with Crippen molar-refractivity contribution in [2.24, 2.45) is 0 Å². The molecule has 1 atom stereocenters. The molecule has 5 heteroatoms. The van der Waals surface area contributed by atoms with Crippen LogP contribution in [0.15, 0.2) is 24.3 Å². The van der Waals surface area contributed by atoms with Gasteiger partial charge in [-0.2, -0.15) is 5.26 Å². The van der Waals surface area contributed by atoms with Crippen molar-refractivity contribution in [3.63, 3.8) is 0 Å². The van der Waals surface area contributed by atoms with E-state index in [-0.39, 0.29) is 24.7 Å². The van der Waals surface area contributed by atoms with Crippen LogP contribution in [0.1, 0.15) is 36.9 Å². The van der Waals surface area contributed by atoms with Gasteiger partial charge >= 0.3 is 6.03 Å². The molecule has 106 valence electrons. The summed E-state index contributed by atoms with van der Waals surface area (Å²) in [5.41, 5.74) is 1.56. The highest BCUT2D eigenvalue weighted by molar-refractivity contribution is 5.75. The van der Waals surface area contributed by atoms with Crippen molar-refractivity contribution in [2.75, 3.05) is 13.2 Å². The molecule has 0 aliphatic heterocycles. The van der Waals surface area contributed by atoms with Crippen LogP contribution in [0.25, 0.3) is 0 Å². The molecule has 1 unspecified atom stereocenters. The topological polar surface area (TPSA) is 76.4 Å². The highest BCUT2D eigenvalue weighted by Gasteiger charge is 2.32. The predicted octanol–water partition coefficient (Wildman–Crippen LogP) is 1.79. The molecule has 0 saturated heterocycles. The average Bonchev–Trinajstić information content (AvgIpc) is 3.29. The van der Waals surface area contributed by atoms with Gasteiger partial charge in [0.15, 0.2) is 0 Å². The third-order valence-corrected chi connectivity index (χ3v) is 3.47. The fraction of sp³-hybridized carbons (Fsp3) is 0.467. The van der Waals surface area contributed by atoms with E-state index in [4.69, 9.17) is 10.4 Å². The summed E-state index contributed by atoms with van der Waals surface area (Å²) in [6.45, 7) is 2.26. The number of amides is 2. The Hall–Kier alpha value is -2.06. The summed E-state index contributed by atoms with van der Waals surface area (Å²) >= 11 is 0. The van der Waals surface area contributed by atoms with Crippen LogP contribution in [0.4, 0.5) is 4.79 Å². The zero-order chi connectivity index (χ0) is 14.5. The van der Waals surface area contributed by atoms with Crippen LogP contribution in [0, 0.1) is 11.3 Å². The van der Waals surface area contributed by atoms with Crippen LogP contribution in [0.5, 0.6) is 0 Å². The van der Waals surface area contributed by atoms with Crippen LogP contribution in [-0.4, -0.2) is 35.2 Å². The van der Waals surface area contributed by atoms with Crippen molar-refractivity contribution >= 4 is 6.03 Å². The first-order chi connectivity index (χ1) is 9.65. The zero-order valence-electron chi connectivity index (χ0n) is 11.5. The lowest BCUT2D eigenvalue weighted by Crippen LogP contribution is -2.43. The summed E-state index contributed by atoms with van der Waals surface area (Å²) < 4.78 is 0. The number of aliphatic hydroxyl groups is 1. The molecular weight excluding hydrogens is 254 g/mol. The lowest BCUT2D eigenvalue weighted by molar-refractivity contribution is 0.171. The summed E-state index contributed by atoms with van der Waals surface area (Å²) in [4.78, 5) is 13.9. The quantitative estimate of drug-likeness (QED) is 0.858. The van der Waals surface area contributed by atoms with Gasteiger partial charge in [-0.25, -0.2) is 4.79 Å². The highest BCUT2D eigenvalue weighted by atomic mass is 16.3. The smallest absolute Gasteiger partial charge is 0.318 e. The molecule has 0 heterocycles. The Balaban J connectivity index is 1.96. The van der Waals surface area contributed by atoms with Crippen LogP contribution in [-0.2, 0) is 0 Å². The van der Waals surface area contributed by atoms with Gasteiger partial charge in [0.25, 0.3) is 0 Å². The van der Waals surface area contributed by atoms with E-state index in [0.717, 1.165) is 18.4 Å². The van der Waals surface area contributed by atoms with Gasteiger partial charge in [-0.3, -0.25) is 0 Å². The number of nitrogens with one attached hydrogen (secondary N) is 1. The largest absolute Gasteiger partial charge is 0.395 e. The van der Waals surface area contributed by atoms with Crippen molar-refractivity contribution in [3.05, 3.63) is 35.4 Å². The van der Waals surface area contributed by atoms with Crippen molar-refractivity contribution in [1.29, 1.82) is 5.26 Å². The van der Waals surface area contributed by atoms with Gasteiger partial charge < -0.3 is 15.3 Å². The van der Waals surface area contributed by atoms with Crippen molar-refractivity contribution in [2.45, 2.75) is 31.8 Å². The number of hydrogen-bond donors (Lipinski definition) is 2. The molecule has 1 aliphatic carbocycles. The van der Waals surface area contributed by atoms with Gasteiger partial charge in [0, 0.05) is 12.6 Å². The minimum Gasteiger partial charge on any atom is -0.395 e. The first-order valence-corrected chi connectivity index (χ1v) is 6.83. The van der Waals surface area contributed by atoms with Gasteiger partial charge in [-0.1, -0.05) is 12.1 Å². The van der Waals surface area contributed by atoms with E-state index >= 15 is 0 Å². The Kier molecular flexibility index (Phi) is 4.59. The monoisotopic (exact) mass is 273 g/mol. The zero-order valence-corrected chi connectivity index (χ0v) is 11.5. The molecule has 0 radical (unpaired) electrons. The van der Waals surface area contributed by atoms with Gasteiger partial charge in [0.1, 0.15) is 0 Å². The van der Waals surface area contributed by atoms with Gasteiger partial charge in [0.05, 0.1) is 24.3 Å². The molecule has 2 N–H and O–H groups in total. The second kappa shape index (κ2) is 6.40. The Morgan fingerprint density at radius 2 is 2.15 bits per heavy atom. The third-order valence-electron chi connectivity index (χ3n) is 3.47. The maximum Gasteiger partial charge on any atom is 0.318 e. The minimum absolute atomic E-state index is 0.0187. The molecule has 1 fully saturated rings. The predicted molar refractivity (Wildman–Crippen MR) is 74.9 cm³/mol. The second-order valence-electron chi connectivity index (χ2n) is 5.05. The number of nitrogens with zero attached hydrogens (tertiary/aromatic N) is 2. The van der Waals surface area contributed by atoms with Crippen LogP contribution < -0.4 is 5.32 Å². The molecule has 1 aromatic carbocycles. The molecule has 1 aliphatic rings. The van der Waals surface area contributed by atoms with Crippen molar-refractivity contribution in [3.8, 4) is 6.07 Å². The SMILES string of the molecule is CC(NC(=O)N(CCO)C1CC1)c1ccc(C#N)cc1. The molecule has 1 aromatic rings. The Labute approximate surface area is 118 Å². The van der Waals surface area contributed by atoms with Gasteiger partial charge in [-0.15, -0.1) is 0 Å². The molecule has 2 rings (SSSR count). The third kappa shape index (κ3) is 3.49. The Bertz CT molecular complexity index is 503. The van der Waals surface area contributed by atoms with E-state index in [1.165, 1.54) is 0 Å². The van der Waals surface area contributed by atoms with Crippen LogP contribution >= 0.6 is 0 Å². The van der Waals surface area contributed by atoms with E-state index < -0.39 is 0 Å². The molecule has 1 saturated carbocycles. The van der Waals surface area contributed by atoms with Crippen molar-refractivity contribution < 1.29 is 9.90 Å². The molecule has 20 heavy (non-hydrogen) atoms. The first-order valence-electron chi connectivity index (χ1n) is 6.83. The number of carbonyl (C=O) groups is 1. The summed E-state index contributed by atoms with van der Waals surface area (Å²) in [6, 6.07) is 9.24. The molecule has 0 spiro atoms. The molecule has 2 amide bonds. The first kappa shape index (κ1) is 14.4. The lowest BCUT2D eigenvalue weighted by Gasteiger charge is -2.24. The number of hydrogen-bond acceptors (Lipinski definition) is 3. The molecule has 0 aromatic heterocycles. The number of benzene rings is 1. The number of rotatable bonds is 5. The number of aliphatic hydroxyl groups excluding tert-OH is 1. The normalized spacial score (nSPS) is 15.2. The number of urea groups is 1. The van der Waals surface area contributed by atoms with E-state index in [9.17, 15) is 4.79 Å². The standard InChI is InChI=1S/C15H19N3O2/c1-11(13-4-2-12(10-16)3-5-13)17-15(20)18(8-9-19)14-6-7-14/h2-5,11,14,19H,6-9H2,1H3,(H,17,20). The van der Waals surface area contributed by atoms with Crippen molar-refractivity contribution in [1.82, 2.24) is 10.2 Å². The Morgan fingerprint density at radius 3 is 2.65 bits per heavy atom. The number of nitriles is 1. The van der Waals surface area contributed by atoms with E-state index in [0.29, 0.717) is 12.1 Å². The van der Waals surface area contributed by atoms with Crippen LogP contribution in [0.3, 0.4) is 0 Å². The second-order valence-corrected chi connectivity index (χ2v) is 5.05. The van der Waals surface area contributed by atoms with E-state index in [1.54, 1.807) is 17.0 Å². The minimum atomic E-state index is -0.140. The number of carbonyl (C=O) groups excluding carboxylic acids is 1. The van der Waals surface area contributed by atoms with E-state index in [1.807, 2.05) is 19.1 Å². The molecule has 5 nitrogen and oxygen atoms in total. The summed E-state index contributed by atoms with van der Waals surface area (Å²) in [6.07, 6.45) is 2.03. The Morgan fingerprint density at radius 1 is 1.50 bits per heavy atom. The maximum absolute atomic E-state index is 12.2. The summed E-state index contributed by atoms with van der Waals surface area (Å²) in [7, 11) is 0. The molecular formula is C15H19N3O2. The summed E-state index contributed by atoms with van der Waals surface area (Å²) in [5.74, 6) is 0. The maximum atomic E-state index is 12.2. The molecule has 0 bridgehead atoms. The van der Waals surface area contributed by atoms with E-state index in [2.05, 4.69) is 11.4 Å². The fourth-order valence-corrected chi connectivity index (χ4v) is 2.14. The highest BCUT2D eigenvalue weighted by Crippen LogP contribution is 2.27. The summed E-state index contributed by atoms with van der Waals surface area (Å²) in [5, 5.41) is 20.7. The lowest BCUT2D eigenvalue weighted by atomic mass is 10.1. The average molecular weight is 273 g/mol. The van der Waals surface area contributed by atoms with Crippen LogP contribution in [0.2, 0.25) is 0 Å². The van der Waals surface area contributed by atoms with Gasteiger partial charge in [-0.05, 0) is 37.5 Å². The fourth-order valence-electron chi connectivity index (χ4n) is 2.14. The van der Waals surface area contributed by atoms with Gasteiger partial charge in [0.2, 0.25) is 0 Å².